The summed E-state index contributed by atoms with van der Waals surface area (Å²) in [4.78, 5) is 12.3. The summed E-state index contributed by atoms with van der Waals surface area (Å²) in [5.74, 6) is 1.14. The van der Waals surface area contributed by atoms with Gasteiger partial charge in [0.15, 0.2) is 0 Å². The van der Waals surface area contributed by atoms with Gasteiger partial charge in [0.1, 0.15) is 11.5 Å². The van der Waals surface area contributed by atoms with Crippen LogP contribution in [0, 0.1) is 6.92 Å². The highest BCUT2D eigenvalue weighted by molar-refractivity contribution is 7.99. The van der Waals surface area contributed by atoms with Gasteiger partial charge in [0, 0.05) is 6.07 Å². The highest BCUT2D eigenvalue weighted by atomic mass is 32.2. The smallest absolute Gasteiger partial charge is 0.234 e. The van der Waals surface area contributed by atoms with Crippen molar-refractivity contribution in [3.8, 4) is 17.2 Å². The van der Waals surface area contributed by atoms with E-state index in [-0.39, 0.29) is 11.7 Å². The Bertz CT molecular complexity index is 927. The van der Waals surface area contributed by atoms with Crippen molar-refractivity contribution < 1.29 is 14.3 Å². The molecular weight excluding hydrogens is 366 g/mol. The zero-order valence-corrected chi connectivity index (χ0v) is 16.0. The Hall–Kier alpha value is -3.07. The number of thioether (sulfide) groups is 1. The van der Waals surface area contributed by atoms with E-state index < -0.39 is 0 Å². The molecule has 9 heteroatoms. The zero-order valence-electron chi connectivity index (χ0n) is 15.2. The van der Waals surface area contributed by atoms with E-state index in [0.29, 0.717) is 22.3 Å². The molecular formula is C18H19N5O3S. The molecule has 0 unspecified atom stereocenters. The van der Waals surface area contributed by atoms with Crippen molar-refractivity contribution in [3.05, 3.63) is 48.0 Å². The maximum atomic E-state index is 12.3. The first-order valence-electron chi connectivity index (χ1n) is 8.11. The molecule has 1 heterocycles. The first-order chi connectivity index (χ1) is 13.1. The van der Waals surface area contributed by atoms with Gasteiger partial charge in [-0.15, -0.1) is 5.10 Å². The Morgan fingerprint density at radius 1 is 1.15 bits per heavy atom. The number of nitrogens with one attached hydrogen (secondary N) is 1. The average molecular weight is 385 g/mol. The fourth-order valence-electron chi connectivity index (χ4n) is 2.34. The molecule has 0 aliphatic heterocycles. The van der Waals surface area contributed by atoms with E-state index in [4.69, 9.17) is 9.47 Å². The second-order valence-electron chi connectivity index (χ2n) is 5.61. The zero-order chi connectivity index (χ0) is 19.2. The van der Waals surface area contributed by atoms with Crippen LogP contribution < -0.4 is 14.8 Å². The fourth-order valence-corrected chi connectivity index (χ4v) is 3.03. The van der Waals surface area contributed by atoms with Crippen molar-refractivity contribution in [2.24, 2.45) is 0 Å². The number of carbonyl (C=O) groups is 1. The third-order valence-corrected chi connectivity index (χ3v) is 4.65. The lowest BCUT2D eigenvalue weighted by atomic mass is 10.2. The van der Waals surface area contributed by atoms with Gasteiger partial charge in [0.05, 0.1) is 31.3 Å². The van der Waals surface area contributed by atoms with Gasteiger partial charge in [-0.2, -0.15) is 4.68 Å². The Balaban J connectivity index is 1.65. The number of hydrogen-bond acceptors (Lipinski definition) is 7. The minimum Gasteiger partial charge on any atom is -0.497 e. The summed E-state index contributed by atoms with van der Waals surface area (Å²) in [6.07, 6.45) is 0. The van der Waals surface area contributed by atoms with E-state index in [1.54, 1.807) is 30.0 Å². The maximum absolute atomic E-state index is 12.3. The van der Waals surface area contributed by atoms with E-state index in [2.05, 4.69) is 20.8 Å². The van der Waals surface area contributed by atoms with E-state index >= 15 is 0 Å². The third-order valence-electron chi connectivity index (χ3n) is 3.73. The van der Waals surface area contributed by atoms with Crippen LogP contribution in [0.4, 0.5) is 5.69 Å². The number of methoxy groups -OCH3 is 2. The Morgan fingerprint density at radius 3 is 2.63 bits per heavy atom. The van der Waals surface area contributed by atoms with Gasteiger partial charge in [-0.3, -0.25) is 4.79 Å². The van der Waals surface area contributed by atoms with Gasteiger partial charge in [0.25, 0.3) is 0 Å². The molecule has 140 valence electrons. The molecule has 1 N–H and O–H groups in total. The van der Waals surface area contributed by atoms with Crippen molar-refractivity contribution in [2.45, 2.75) is 12.1 Å². The van der Waals surface area contributed by atoms with Crippen molar-refractivity contribution in [2.75, 3.05) is 25.3 Å². The number of ether oxygens (including phenoxy) is 2. The van der Waals surface area contributed by atoms with Gasteiger partial charge >= 0.3 is 0 Å². The van der Waals surface area contributed by atoms with Crippen LogP contribution in [0.3, 0.4) is 0 Å². The molecule has 0 bridgehead atoms. The maximum Gasteiger partial charge on any atom is 0.234 e. The Labute approximate surface area is 160 Å². The molecule has 0 saturated carbocycles. The van der Waals surface area contributed by atoms with Crippen LogP contribution in [-0.2, 0) is 4.79 Å². The van der Waals surface area contributed by atoms with Crippen LogP contribution >= 0.6 is 11.8 Å². The van der Waals surface area contributed by atoms with E-state index in [1.807, 2.05) is 31.2 Å². The predicted molar refractivity (Wildman–Crippen MR) is 103 cm³/mol. The van der Waals surface area contributed by atoms with Gasteiger partial charge in [-0.05, 0) is 41.6 Å². The fraction of sp³-hybridized carbons (Fsp3) is 0.222. The van der Waals surface area contributed by atoms with E-state index in [0.717, 1.165) is 11.3 Å². The SMILES string of the molecule is COc1ccc(NC(=O)CSc2nnnn2-c2ccc(C)cc2)c(OC)c1. The van der Waals surface area contributed by atoms with Crippen LogP contribution in [0.1, 0.15) is 5.56 Å². The summed E-state index contributed by atoms with van der Waals surface area (Å²) in [5, 5.41) is 15.1. The lowest BCUT2D eigenvalue weighted by molar-refractivity contribution is -0.113. The molecule has 1 aromatic heterocycles. The van der Waals surface area contributed by atoms with Gasteiger partial charge in [-0.25, -0.2) is 0 Å². The standard InChI is InChI=1S/C18H19N5O3S/c1-12-4-6-13(7-5-12)23-18(20-21-22-23)27-11-17(24)19-15-9-8-14(25-2)10-16(15)26-3/h4-10H,11H2,1-3H3,(H,19,24). The van der Waals surface area contributed by atoms with Crippen LogP contribution in [0.5, 0.6) is 11.5 Å². The molecule has 3 aromatic rings. The van der Waals surface area contributed by atoms with Crippen LogP contribution in [0.15, 0.2) is 47.6 Å². The summed E-state index contributed by atoms with van der Waals surface area (Å²) >= 11 is 1.25. The van der Waals surface area contributed by atoms with Crippen LogP contribution in [-0.4, -0.2) is 46.1 Å². The molecule has 0 radical (unpaired) electrons. The Kier molecular flexibility index (Phi) is 5.92. The van der Waals surface area contributed by atoms with E-state index in [9.17, 15) is 4.79 Å². The summed E-state index contributed by atoms with van der Waals surface area (Å²) in [5.41, 5.74) is 2.56. The molecule has 1 amide bonds. The number of carbonyl (C=O) groups excluding carboxylic acids is 1. The number of rotatable bonds is 7. The van der Waals surface area contributed by atoms with Crippen LogP contribution in [0.25, 0.3) is 5.69 Å². The number of nitrogens with zero attached hydrogens (tertiary/aromatic N) is 4. The predicted octanol–water partition coefficient (Wildman–Crippen LogP) is 2.72. The highest BCUT2D eigenvalue weighted by Gasteiger charge is 2.13. The van der Waals surface area contributed by atoms with Crippen molar-refractivity contribution >= 4 is 23.4 Å². The number of aromatic nitrogens is 4. The highest BCUT2D eigenvalue weighted by Crippen LogP contribution is 2.29. The average Bonchev–Trinajstić information content (AvgIpc) is 3.16. The minimum atomic E-state index is -0.193. The van der Waals surface area contributed by atoms with Gasteiger partial charge in [0.2, 0.25) is 11.1 Å². The number of anilines is 1. The number of benzene rings is 2. The molecule has 0 atom stereocenters. The summed E-state index contributed by atoms with van der Waals surface area (Å²) in [6, 6.07) is 13.0. The lowest BCUT2D eigenvalue weighted by Crippen LogP contribution is -2.15. The van der Waals surface area contributed by atoms with Crippen molar-refractivity contribution in [1.29, 1.82) is 0 Å². The normalized spacial score (nSPS) is 10.5. The van der Waals surface area contributed by atoms with Crippen molar-refractivity contribution in [3.63, 3.8) is 0 Å². The second kappa shape index (κ2) is 8.54. The molecule has 0 aliphatic carbocycles. The molecule has 3 rings (SSSR count). The molecule has 0 aliphatic rings. The van der Waals surface area contributed by atoms with Gasteiger partial charge < -0.3 is 14.8 Å². The third kappa shape index (κ3) is 4.56. The number of hydrogen-bond donors (Lipinski definition) is 1. The number of aryl methyl sites for hydroxylation is 1. The van der Waals surface area contributed by atoms with Gasteiger partial charge in [-0.1, -0.05) is 29.5 Å². The van der Waals surface area contributed by atoms with E-state index in [1.165, 1.54) is 18.9 Å². The first kappa shape index (κ1) is 18.7. The molecule has 27 heavy (non-hydrogen) atoms. The number of tetrazole rings is 1. The summed E-state index contributed by atoms with van der Waals surface area (Å²) < 4.78 is 12.0. The van der Waals surface area contributed by atoms with Crippen molar-refractivity contribution in [1.82, 2.24) is 20.2 Å². The lowest BCUT2D eigenvalue weighted by Gasteiger charge is -2.11. The molecule has 0 saturated heterocycles. The first-order valence-corrected chi connectivity index (χ1v) is 9.09. The monoisotopic (exact) mass is 385 g/mol. The largest absolute Gasteiger partial charge is 0.497 e. The topological polar surface area (TPSA) is 91.2 Å². The Morgan fingerprint density at radius 2 is 1.93 bits per heavy atom. The quantitative estimate of drug-likeness (QED) is 0.625. The van der Waals surface area contributed by atoms with Crippen LogP contribution in [0.2, 0.25) is 0 Å². The molecule has 0 spiro atoms. The molecule has 8 nitrogen and oxygen atoms in total. The summed E-state index contributed by atoms with van der Waals surface area (Å²) in [6.45, 7) is 2.01. The second-order valence-corrected chi connectivity index (χ2v) is 6.55. The summed E-state index contributed by atoms with van der Waals surface area (Å²) in [7, 11) is 3.11. The molecule has 2 aromatic carbocycles. The molecule has 0 fully saturated rings. The number of amides is 1. The minimum absolute atomic E-state index is 0.154.